The summed E-state index contributed by atoms with van der Waals surface area (Å²) in [6, 6.07) is 13.5. The number of carbonyl (C=O) groups excluding carboxylic acids is 1. The highest BCUT2D eigenvalue weighted by molar-refractivity contribution is 7.99. The van der Waals surface area contributed by atoms with E-state index in [1.54, 1.807) is 12.3 Å². The predicted molar refractivity (Wildman–Crippen MR) is 107 cm³/mol. The molecule has 6 nitrogen and oxygen atoms in total. The molecule has 8 heteroatoms. The van der Waals surface area contributed by atoms with E-state index >= 15 is 0 Å². The van der Waals surface area contributed by atoms with Gasteiger partial charge in [0.2, 0.25) is 0 Å². The Morgan fingerprint density at radius 1 is 1.07 bits per heavy atom. The maximum Gasteiger partial charge on any atom is 0.256 e. The topological polar surface area (TPSA) is 70.6 Å². The van der Waals surface area contributed by atoms with Gasteiger partial charge in [-0.3, -0.25) is 9.69 Å². The highest BCUT2D eigenvalue weighted by Gasteiger charge is 2.24. The number of pyridine rings is 1. The maximum atomic E-state index is 13.0. The number of nitrogens with zero attached hydrogens (tertiary/aromatic N) is 3. The molecule has 1 aromatic carbocycles. The number of piperazine rings is 1. The number of carbonyl (C=O) groups is 1. The summed E-state index contributed by atoms with van der Waals surface area (Å²) >= 11 is 1.48. The number of amides is 1. The molecule has 3 rings (SSSR count). The van der Waals surface area contributed by atoms with Crippen LogP contribution in [0.5, 0.6) is 0 Å². The van der Waals surface area contributed by atoms with Gasteiger partial charge in [0.15, 0.2) is 0 Å². The van der Waals surface area contributed by atoms with Crippen molar-refractivity contribution < 1.29 is 13.2 Å². The SMILES string of the molecule is CS(=O)(=O)CCN1CCN(C(=O)c2cccnc2Sc2ccccc2)CC1. The van der Waals surface area contributed by atoms with Crippen LogP contribution in [0.15, 0.2) is 58.6 Å². The molecule has 1 aliphatic heterocycles. The Morgan fingerprint density at radius 2 is 1.78 bits per heavy atom. The second-order valence-corrected chi connectivity index (χ2v) is 9.86. The van der Waals surface area contributed by atoms with Crippen LogP contribution in [0.2, 0.25) is 0 Å². The number of sulfone groups is 1. The minimum absolute atomic E-state index is 0.0238. The Bertz CT molecular complexity index is 880. The normalized spacial score (nSPS) is 15.7. The first-order valence-electron chi connectivity index (χ1n) is 8.80. The molecule has 2 heterocycles. The van der Waals surface area contributed by atoms with Crippen LogP contribution in [0.4, 0.5) is 0 Å². The molecular formula is C19H23N3O3S2. The van der Waals surface area contributed by atoms with Crippen LogP contribution in [0.1, 0.15) is 10.4 Å². The smallest absolute Gasteiger partial charge is 0.256 e. The van der Waals surface area contributed by atoms with Crippen molar-refractivity contribution in [2.75, 3.05) is 44.7 Å². The van der Waals surface area contributed by atoms with Crippen molar-refractivity contribution in [2.45, 2.75) is 9.92 Å². The molecule has 0 radical (unpaired) electrons. The molecule has 1 aromatic heterocycles. The van der Waals surface area contributed by atoms with E-state index in [-0.39, 0.29) is 11.7 Å². The van der Waals surface area contributed by atoms with Crippen LogP contribution >= 0.6 is 11.8 Å². The van der Waals surface area contributed by atoms with Crippen LogP contribution < -0.4 is 0 Å². The lowest BCUT2D eigenvalue weighted by atomic mass is 10.2. The van der Waals surface area contributed by atoms with E-state index in [1.807, 2.05) is 41.3 Å². The third-order valence-electron chi connectivity index (χ3n) is 4.40. The van der Waals surface area contributed by atoms with Crippen LogP contribution in [0.3, 0.4) is 0 Å². The van der Waals surface area contributed by atoms with Gasteiger partial charge in [-0.25, -0.2) is 13.4 Å². The number of aromatic nitrogens is 1. The van der Waals surface area contributed by atoms with Crippen molar-refractivity contribution >= 4 is 27.5 Å². The fourth-order valence-electron chi connectivity index (χ4n) is 2.87. The molecule has 0 aliphatic carbocycles. The summed E-state index contributed by atoms with van der Waals surface area (Å²) < 4.78 is 22.6. The third-order valence-corrected chi connectivity index (χ3v) is 6.35. The van der Waals surface area contributed by atoms with E-state index in [1.165, 1.54) is 18.0 Å². The molecule has 0 atom stereocenters. The summed E-state index contributed by atoms with van der Waals surface area (Å²) in [5.74, 6) is 0.130. The van der Waals surface area contributed by atoms with Crippen LogP contribution in [-0.2, 0) is 9.84 Å². The second kappa shape index (κ2) is 8.86. The minimum Gasteiger partial charge on any atom is -0.336 e. The summed E-state index contributed by atoms with van der Waals surface area (Å²) in [4.78, 5) is 22.3. The highest BCUT2D eigenvalue weighted by atomic mass is 32.2. The van der Waals surface area contributed by atoms with Gasteiger partial charge in [-0.15, -0.1) is 0 Å². The molecule has 27 heavy (non-hydrogen) atoms. The van der Waals surface area contributed by atoms with Gasteiger partial charge in [0.1, 0.15) is 14.9 Å². The quantitative estimate of drug-likeness (QED) is 0.732. The first-order chi connectivity index (χ1) is 12.9. The van der Waals surface area contributed by atoms with Crippen LogP contribution in [0.25, 0.3) is 0 Å². The molecule has 1 saturated heterocycles. The van der Waals surface area contributed by atoms with Gasteiger partial charge in [0.05, 0.1) is 11.3 Å². The van der Waals surface area contributed by atoms with Crippen molar-refractivity contribution in [3.8, 4) is 0 Å². The molecule has 0 saturated carbocycles. The van der Waals surface area contributed by atoms with E-state index in [0.717, 1.165) is 4.90 Å². The summed E-state index contributed by atoms with van der Waals surface area (Å²) in [5.41, 5.74) is 0.607. The first kappa shape index (κ1) is 19.9. The van der Waals surface area contributed by atoms with E-state index in [2.05, 4.69) is 9.88 Å². The molecule has 0 unspecified atom stereocenters. The van der Waals surface area contributed by atoms with Crippen molar-refractivity contribution in [3.05, 3.63) is 54.2 Å². The van der Waals surface area contributed by atoms with Gasteiger partial charge in [0.25, 0.3) is 5.91 Å². The summed E-state index contributed by atoms with van der Waals surface area (Å²) in [6.07, 6.45) is 2.95. The lowest BCUT2D eigenvalue weighted by molar-refractivity contribution is 0.0640. The Hall–Kier alpha value is -1.90. The lowest BCUT2D eigenvalue weighted by Crippen LogP contribution is -2.49. The Morgan fingerprint density at radius 3 is 2.44 bits per heavy atom. The number of hydrogen-bond donors (Lipinski definition) is 0. The lowest BCUT2D eigenvalue weighted by Gasteiger charge is -2.34. The van der Waals surface area contributed by atoms with Gasteiger partial charge >= 0.3 is 0 Å². The Kier molecular flexibility index (Phi) is 6.51. The zero-order valence-corrected chi connectivity index (χ0v) is 16.9. The van der Waals surface area contributed by atoms with Crippen molar-refractivity contribution in [3.63, 3.8) is 0 Å². The molecule has 0 bridgehead atoms. The van der Waals surface area contributed by atoms with Crippen LogP contribution in [0, 0.1) is 0 Å². The van der Waals surface area contributed by atoms with E-state index < -0.39 is 9.84 Å². The van der Waals surface area contributed by atoms with Gasteiger partial charge in [-0.1, -0.05) is 30.0 Å². The predicted octanol–water partition coefficient (Wildman–Crippen LogP) is 2.04. The fourth-order valence-corrected chi connectivity index (χ4v) is 4.36. The van der Waals surface area contributed by atoms with Crippen molar-refractivity contribution in [1.29, 1.82) is 0 Å². The Balaban J connectivity index is 1.63. The average Bonchev–Trinajstić information content (AvgIpc) is 2.67. The van der Waals surface area contributed by atoms with Crippen LogP contribution in [-0.4, -0.2) is 73.8 Å². The molecule has 1 aliphatic rings. The third kappa shape index (κ3) is 5.79. The summed E-state index contributed by atoms with van der Waals surface area (Å²) in [5, 5.41) is 0.702. The maximum absolute atomic E-state index is 13.0. The van der Waals surface area contributed by atoms with Gasteiger partial charge in [-0.2, -0.15) is 0 Å². The summed E-state index contributed by atoms with van der Waals surface area (Å²) in [7, 11) is -2.96. The fraction of sp³-hybridized carbons (Fsp3) is 0.368. The summed E-state index contributed by atoms with van der Waals surface area (Å²) in [6.45, 7) is 3.06. The monoisotopic (exact) mass is 405 g/mol. The van der Waals surface area contributed by atoms with Crippen molar-refractivity contribution in [1.82, 2.24) is 14.8 Å². The standard InChI is InChI=1S/C19H23N3O3S2/c1-27(24,25)15-14-21-10-12-22(13-11-21)19(23)17-8-5-9-20-18(17)26-16-6-3-2-4-7-16/h2-9H,10-15H2,1H3. The van der Waals surface area contributed by atoms with Gasteiger partial charge < -0.3 is 4.90 Å². The first-order valence-corrected chi connectivity index (χ1v) is 11.7. The highest BCUT2D eigenvalue weighted by Crippen LogP contribution is 2.29. The van der Waals surface area contributed by atoms with E-state index in [0.29, 0.717) is 43.3 Å². The minimum atomic E-state index is -2.96. The number of hydrogen-bond acceptors (Lipinski definition) is 6. The van der Waals surface area contributed by atoms with E-state index in [4.69, 9.17) is 0 Å². The number of rotatable bonds is 6. The molecule has 1 fully saturated rings. The second-order valence-electron chi connectivity index (χ2n) is 6.53. The van der Waals surface area contributed by atoms with E-state index in [9.17, 15) is 13.2 Å². The number of benzene rings is 1. The molecule has 0 N–H and O–H groups in total. The van der Waals surface area contributed by atoms with Gasteiger partial charge in [-0.05, 0) is 24.3 Å². The molecule has 2 aromatic rings. The largest absolute Gasteiger partial charge is 0.336 e. The van der Waals surface area contributed by atoms with Crippen molar-refractivity contribution in [2.24, 2.45) is 0 Å². The molecule has 144 valence electrons. The molecule has 0 spiro atoms. The zero-order chi connectivity index (χ0) is 19.3. The molecular weight excluding hydrogens is 382 g/mol. The van der Waals surface area contributed by atoms with Gasteiger partial charge in [0, 0.05) is 50.1 Å². The Labute approximate surface area is 164 Å². The zero-order valence-electron chi connectivity index (χ0n) is 15.2. The average molecular weight is 406 g/mol. The molecule has 1 amide bonds.